The summed E-state index contributed by atoms with van der Waals surface area (Å²) in [6.07, 6.45) is 5.87. The van der Waals surface area contributed by atoms with E-state index in [4.69, 9.17) is 0 Å². The van der Waals surface area contributed by atoms with Crippen LogP contribution in [0.25, 0.3) is 0 Å². The highest BCUT2D eigenvalue weighted by Gasteiger charge is 2.55. The monoisotopic (exact) mass is 334 g/mol. The Morgan fingerprint density at radius 1 is 1.22 bits per heavy atom. The lowest BCUT2D eigenvalue weighted by atomic mass is 9.68. The predicted molar refractivity (Wildman–Crippen MR) is 94.6 cm³/mol. The van der Waals surface area contributed by atoms with E-state index in [1.54, 1.807) is 0 Å². The Balaban J connectivity index is 0.00000156. The summed E-state index contributed by atoms with van der Waals surface area (Å²) in [4.78, 5) is 13.1. The second-order valence-electron chi connectivity index (χ2n) is 7.63. The lowest BCUT2D eigenvalue weighted by Crippen LogP contribution is -2.52. The molecule has 3 fully saturated rings. The molecule has 4 rings (SSSR count). The van der Waals surface area contributed by atoms with Gasteiger partial charge in [-0.2, -0.15) is 0 Å². The van der Waals surface area contributed by atoms with Gasteiger partial charge in [-0.3, -0.25) is 4.79 Å². The first-order valence-electron chi connectivity index (χ1n) is 8.79. The van der Waals surface area contributed by atoms with Crippen molar-refractivity contribution in [1.29, 1.82) is 0 Å². The third-order valence-corrected chi connectivity index (χ3v) is 6.21. The number of hydrogen-bond donors (Lipinski definition) is 2. The van der Waals surface area contributed by atoms with E-state index in [1.165, 1.54) is 24.8 Å². The van der Waals surface area contributed by atoms with Crippen molar-refractivity contribution in [1.82, 2.24) is 10.6 Å². The van der Waals surface area contributed by atoms with E-state index in [0.29, 0.717) is 17.7 Å². The standard InChI is InChI=1S/C19H26N2O.ClH/c22-18(21-13-16-11-20-12-16)19(9-14-4-2-1-3-5-14)10-15-6-7-17(19)8-15;/h1-5,15-17,20H,6-13H2,(H,21,22);1H. The van der Waals surface area contributed by atoms with Crippen LogP contribution in [0.1, 0.15) is 31.2 Å². The van der Waals surface area contributed by atoms with E-state index in [-0.39, 0.29) is 17.8 Å². The van der Waals surface area contributed by atoms with Crippen LogP contribution in [0.4, 0.5) is 0 Å². The largest absolute Gasteiger partial charge is 0.355 e. The molecule has 3 nitrogen and oxygen atoms in total. The molecule has 0 aromatic heterocycles. The molecule has 1 saturated heterocycles. The van der Waals surface area contributed by atoms with Crippen LogP contribution in [0.5, 0.6) is 0 Å². The first-order chi connectivity index (χ1) is 10.8. The fourth-order valence-electron chi connectivity index (χ4n) is 4.88. The van der Waals surface area contributed by atoms with Crippen molar-refractivity contribution in [3.63, 3.8) is 0 Å². The van der Waals surface area contributed by atoms with Gasteiger partial charge in [-0.25, -0.2) is 0 Å². The minimum atomic E-state index is -0.137. The lowest BCUT2D eigenvalue weighted by Gasteiger charge is -2.37. The van der Waals surface area contributed by atoms with Crippen molar-refractivity contribution in [3.8, 4) is 0 Å². The highest BCUT2D eigenvalue weighted by molar-refractivity contribution is 5.85. The number of carbonyl (C=O) groups is 1. The quantitative estimate of drug-likeness (QED) is 0.869. The highest BCUT2D eigenvalue weighted by Crippen LogP contribution is 2.57. The molecule has 126 valence electrons. The second kappa shape index (κ2) is 6.82. The maximum Gasteiger partial charge on any atom is 0.226 e. The van der Waals surface area contributed by atoms with E-state index < -0.39 is 0 Å². The van der Waals surface area contributed by atoms with E-state index in [0.717, 1.165) is 38.4 Å². The number of fused-ring (bicyclic) bond motifs is 2. The molecule has 1 heterocycles. The molecule has 2 aliphatic carbocycles. The summed E-state index contributed by atoms with van der Waals surface area (Å²) in [5, 5.41) is 6.57. The summed E-state index contributed by atoms with van der Waals surface area (Å²) in [6.45, 7) is 2.95. The summed E-state index contributed by atoms with van der Waals surface area (Å²) in [7, 11) is 0. The average Bonchev–Trinajstić information content (AvgIpc) is 3.08. The van der Waals surface area contributed by atoms with Crippen LogP contribution in [0.15, 0.2) is 30.3 Å². The molecular weight excluding hydrogens is 308 g/mol. The van der Waals surface area contributed by atoms with Crippen molar-refractivity contribution in [3.05, 3.63) is 35.9 Å². The summed E-state index contributed by atoms with van der Waals surface area (Å²) < 4.78 is 0. The molecule has 4 heteroatoms. The Morgan fingerprint density at radius 3 is 2.57 bits per heavy atom. The predicted octanol–water partition coefficient (Wildman–Crippen LogP) is 2.79. The second-order valence-corrected chi connectivity index (χ2v) is 7.63. The van der Waals surface area contributed by atoms with Crippen LogP contribution in [-0.2, 0) is 11.2 Å². The zero-order valence-corrected chi connectivity index (χ0v) is 14.4. The topological polar surface area (TPSA) is 41.1 Å². The zero-order chi connectivity index (χ0) is 15.0. The summed E-state index contributed by atoms with van der Waals surface area (Å²) in [5.74, 6) is 2.34. The molecule has 1 aromatic rings. The van der Waals surface area contributed by atoms with E-state index in [2.05, 4.69) is 41.0 Å². The van der Waals surface area contributed by atoms with Gasteiger partial charge in [0.1, 0.15) is 0 Å². The average molecular weight is 335 g/mol. The first kappa shape index (κ1) is 16.8. The number of carbonyl (C=O) groups excluding carboxylic acids is 1. The number of amides is 1. The molecule has 2 bridgehead atoms. The van der Waals surface area contributed by atoms with Crippen LogP contribution in [0.2, 0.25) is 0 Å². The van der Waals surface area contributed by atoms with Crippen LogP contribution < -0.4 is 10.6 Å². The molecule has 0 radical (unpaired) electrons. The Kier molecular flexibility index (Phi) is 4.98. The molecule has 2 saturated carbocycles. The molecule has 2 N–H and O–H groups in total. The fourth-order valence-corrected chi connectivity index (χ4v) is 4.88. The third-order valence-electron chi connectivity index (χ3n) is 6.21. The van der Waals surface area contributed by atoms with Gasteiger partial charge in [-0.05, 0) is 43.1 Å². The molecule has 1 aliphatic heterocycles. The molecule has 3 unspecified atom stereocenters. The highest BCUT2D eigenvalue weighted by atomic mass is 35.5. The molecule has 3 atom stereocenters. The summed E-state index contributed by atoms with van der Waals surface area (Å²) >= 11 is 0. The molecule has 23 heavy (non-hydrogen) atoms. The van der Waals surface area contributed by atoms with Crippen molar-refractivity contribution < 1.29 is 4.79 Å². The van der Waals surface area contributed by atoms with Gasteiger partial charge in [0.2, 0.25) is 5.91 Å². The number of halogens is 1. The van der Waals surface area contributed by atoms with Crippen molar-refractivity contribution in [2.24, 2.45) is 23.2 Å². The van der Waals surface area contributed by atoms with Crippen molar-refractivity contribution in [2.45, 2.75) is 32.1 Å². The Labute approximate surface area is 145 Å². The zero-order valence-electron chi connectivity index (χ0n) is 13.6. The van der Waals surface area contributed by atoms with Gasteiger partial charge in [-0.15, -0.1) is 12.4 Å². The SMILES string of the molecule is Cl.O=C(NCC1CNC1)C1(Cc2ccccc2)CC2CCC1C2. The summed E-state index contributed by atoms with van der Waals surface area (Å²) in [5.41, 5.74) is 1.18. The third kappa shape index (κ3) is 3.14. The van der Waals surface area contributed by atoms with Gasteiger partial charge in [0.15, 0.2) is 0 Å². The molecule has 0 spiro atoms. The van der Waals surface area contributed by atoms with E-state index in [9.17, 15) is 4.79 Å². The van der Waals surface area contributed by atoms with Crippen LogP contribution in [0, 0.1) is 23.2 Å². The Bertz CT molecular complexity index is 546. The van der Waals surface area contributed by atoms with Crippen LogP contribution in [-0.4, -0.2) is 25.5 Å². The number of benzene rings is 1. The maximum atomic E-state index is 13.1. The molecule has 3 aliphatic rings. The Morgan fingerprint density at radius 2 is 2.00 bits per heavy atom. The number of nitrogens with one attached hydrogen (secondary N) is 2. The first-order valence-corrected chi connectivity index (χ1v) is 8.79. The molecule has 1 aromatic carbocycles. The lowest BCUT2D eigenvalue weighted by molar-refractivity contribution is -0.134. The molecular formula is C19H27ClN2O. The van der Waals surface area contributed by atoms with Gasteiger partial charge < -0.3 is 10.6 Å². The van der Waals surface area contributed by atoms with Crippen LogP contribution in [0.3, 0.4) is 0 Å². The van der Waals surface area contributed by atoms with Gasteiger partial charge in [-0.1, -0.05) is 36.8 Å². The van der Waals surface area contributed by atoms with E-state index in [1.807, 2.05) is 0 Å². The molecule has 1 amide bonds. The minimum Gasteiger partial charge on any atom is -0.355 e. The number of rotatable bonds is 5. The van der Waals surface area contributed by atoms with Gasteiger partial charge in [0.25, 0.3) is 0 Å². The smallest absolute Gasteiger partial charge is 0.226 e. The van der Waals surface area contributed by atoms with Crippen LogP contribution >= 0.6 is 12.4 Å². The van der Waals surface area contributed by atoms with Gasteiger partial charge in [0, 0.05) is 25.6 Å². The Hall–Kier alpha value is -1.06. The van der Waals surface area contributed by atoms with Gasteiger partial charge in [0.05, 0.1) is 5.41 Å². The number of hydrogen-bond acceptors (Lipinski definition) is 2. The fraction of sp³-hybridized carbons (Fsp3) is 0.632. The van der Waals surface area contributed by atoms with Crippen molar-refractivity contribution >= 4 is 18.3 Å². The minimum absolute atomic E-state index is 0. The van der Waals surface area contributed by atoms with Gasteiger partial charge >= 0.3 is 0 Å². The van der Waals surface area contributed by atoms with Crippen molar-refractivity contribution in [2.75, 3.05) is 19.6 Å². The normalized spacial score (nSPS) is 32.2. The summed E-state index contributed by atoms with van der Waals surface area (Å²) in [6, 6.07) is 10.6. The maximum absolute atomic E-state index is 13.1. The van der Waals surface area contributed by atoms with E-state index >= 15 is 0 Å².